The molecule has 0 spiro atoms. The van der Waals surface area contributed by atoms with Gasteiger partial charge < -0.3 is 14.8 Å². The molecule has 0 bridgehead atoms. The maximum Gasteiger partial charge on any atom is 0.0517 e. The Labute approximate surface area is 103 Å². The molecule has 0 aromatic carbocycles. The van der Waals surface area contributed by atoms with Crippen LogP contribution in [0.1, 0.15) is 19.3 Å². The topological polar surface area (TPSA) is 30.5 Å². The smallest absolute Gasteiger partial charge is 0.0517 e. The van der Waals surface area contributed by atoms with Crippen molar-refractivity contribution in [2.45, 2.75) is 25.3 Å². The average Bonchev–Trinajstić information content (AvgIpc) is 2.96. The summed E-state index contributed by atoms with van der Waals surface area (Å²) in [7, 11) is 0. The summed E-state index contributed by atoms with van der Waals surface area (Å²) in [5, 5.41) is 3.58. The third-order valence-electron chi connectivity index (χ3n) is 3.21. The van der Waals surface area contributed by atoms with Gasteiger partial charge in [0.1, 0.15) is 0 Å². The van der Waals surface area contributed by atoms with Crippen LogP contribution in [0.15, 0.2) is 0 Å². The average molecular weight is 245 g/mol. The molecule has 2 saturated heterocycles. The van der Waals surface area contributed by atoms with Crippen LogP contribution in [0.25, 0.3) is 0 Å². The first-order valence-electron chi connectivity index (χ1n) is 6.42. The van der Waals surface area contributed by atoms with E-state index >= 15 is 0 Å². The van der Waals surface area contributed by atoms with Gasteiger partial charge in [0.25, 0.3) is 0 Å². The molecule has 2 aliphatic heterocycles. The third kappa shape index (κ3) is 4.62. The van der Waals surface area contributed by atoms with Crippen LogP contribution in [0, 0.1) is 5.92 Å². The standard InChI is InChI=1S/C12H23NO2S/c1(4-13-12-3-7-16-10-12)5-14-8-11-2-6-15-9-11/h11-13H,1-10H2. The van der Waals surface area contributed by atoms with Crippen molar-refractivity contribution in [2.75, 3.05) is 44.5 Å². The monoisotopic (exact) mass is 245 g/mol. The van der Waals surface area contributed by atoms with Crippen molar-refractivity contribution >= 4 is 11.8 Å². The molecule has 16 heavy (non-hydrogen) atoms. The summed E-state index contributed by atoms with van der Waals surface area (Å²) in [5.74, 6) is 3.27. The van der Waals surface area contributed by atoms with Gasteiger partial charge in [-0.3, -0.25) is 0 Å². The zero-order valence-electron chi connectivity index (χ0n) is 9.95. The lowest BCUT2D eigenvalue weighted by molar-refractivity contribution is 0.0880. The maximum absolute atomic E-state index is 5.66. The molecule has 0 saturated carbocycles. The first-order valence-corrected chi connectivity index (χ1v) is 7.57. The molecule has 2 atom stereocenters. The van der Waals surface area contributed by atoms with E-state index in [2.05, 4.69) is 17.1 Å². The number of hydrogen-bond donors (Lipinski definition) is 1. The van der Waals surface area contributed by atoms with Gasteiger partial charge in [0, 0.05) is 30.9 Å². The van der Waals surface area contributed by atoms with Gasteiger partial charge in [-0.15, -0.1) is 0 Å². The maximum atomic E-state index is 5.66. The summed E-state index contributed by atoms with van der Waals surface area (Å²) in [6.07, 6.45) is 3.65. The fraction of sp³-hybridized carbons (Fsp3) is 1.00. The predicted octanol–water partition coefficient (Wildman–Crippen LogP) is 1.52. The molecule has 0 radical (unpaired) electrons. The zero-order valence-corrected chi connectivity index (χ0v) is 10.8. The predicted molar refractivity (Wildman–Crippen MR) is 68.1 cm³/mol. The molecule has 1 N–H and O–H groups in total. The van der Waals surface area contributed by atoms with Crippen LogP contribution < -0.4 is 5.32 Å². The molecule has 94 valence electrons. The summed E-state index contributed by atoms with van der Waals surface area (Å²) >= 11 is 2.06. The van der Waals surface area contributed by atoms with Gasteiger partial charge >= 0.3 is 0 Å². The van der Waals surface area contributed by atoms with Gasteiger partial charge in [0.15, 0.2) is 0 Å². The second-order valence-electron chi connectivity index (χ2n) is 4.67. The number of thioether (sulfide) groups is 1. The fourth-order valence-corrected chi connectivity index (χ4v) is 3.33. The van der Waals surface area contributed by atoms with E-state index in [1.54, 1.807) is 0 Å². The Kier molecular flexibility index (Phi) is 5.97. The van der Waals surface area contributed by atoms with Crippen molar-refractivity contribution in [1.82, 2.24) is 5.32 Å². The molecule has 4 heteroatoms. The van der Waals surface area contributed by atoms with Crippen LogP contribution in [0.4, 0.5) is 0 Å². The van der Waals surface area contributed by atoms with E-state index < -0.39 is 0 Å². The van der Waals surface area contributed by atoms with Crippen molar-refractivity contribution in [2.24, 2.45) is 5.92 Å². The normalized spacial score (nSPS) is 30.0. The minimum Gasteiger partial charge on any atom is -0.381 e. The number of nitrogens with one attached hydrogen (secondary N) is 1. The molecule has 2 rings (SSSR count). The van der Waals surface area contributed by atoms with Crippen LogP contribution in [0.5, 0.6) is 0 Å². The van der Waals surface area contributed by atoms with E-state index in [1.165, 1.54) is 24.3 Å². The van der Waals surface area contributed by atoms with Gasteiger partial charge in [0.2, 0.25) is 0 Å². The highest BCUT2D eigenvalue weighted by molar-refractivity contribution is 7.99. The second-order valence-corrected chi connectivity index (χ2v) is 5.82. The lowest BCUT2D eigenvalue weighted by atomic mass is 10.1. The Bertz CT molecular complexity index is 160. The molecule has 0 aromatic heterocycles. The van der Waals surface area contributed by atoms with Crippen LogP contribution >= 0.6 is 11.8 Å². The number of rotatable bonds is 7. The zero-order chi connectivity index (χ0) is 11.1. The van der Waals surface area contributed by atoms with E-state index in [0.29, 0.717) is 5.92 Å². The van der Waals surface area contributed by atoms with Crippen LogP contribution in [0.2, 0.25) is 0 Å². The molecular weight excluding hydrogens is 222 g/mol. The van der Waals surface area contributed by atoms with Crippen molar-refractivity contribution in [3.8, 4) is 0 Å². The van der Waals surface area contributed by atoms with E-state index in [1.807, 2.05) is 0 Å². The number of hydrogen-bond acceptors (Lipinski definition) is 4. The molecular formula is C12H23NO2S. The summed E-state index contributed by atoms with van der Waals surface area (Å²) in [6, 6.07) is 0.758. The molecule has 0 aliphatic carbocycles. The van der Waals surface area contributed by atoms with Gasteiger partial charge in [-0.2, -0.15) is 11.8 Å². The van der Waals surface area contributed by atoms with Crippen molar-refractivity contribution in [1.29, 1.82) is 0 Å². The minimum absolute atomic E-state index is 0.652. The number of ether oxygens (including phenoxy) is 2. The molecule has 2 heterocycles. The Balaban J connectivity index is 1.37. The SMILES string of the molecule is C(CNC1CCSC1)COCC1CCOC1. The van der Waals surface area contributed by atoms with Gasteiger partial charge in [0.05, 0.1) is 13.2 Å². The lowest BCUT2D eigenvalue weighted by Crippen LogP contribution is -2.30. The molecule has 0 aromatic rings. The highest BCUT2D eigenvalue weighted by atomic mass is 32.2. The highest BCUT2D eigenvalue weighted by Gasteiger charge is 2.15. The fourth-order valence-electron chi connectivity index (χ4n) is 2.14. The highest BCUT2D eigenvalue weighted by Crippen LogP contribution is 2.16. The Morgan fingerprint density at radius 2 is 2.38 bits per heavy atom. The van der Waals surface area contributed by atoms with Gasteiger partial charge in [-0.05, 0) is 31.6 Å². The summed E-state index contributed by atoms with van der Waals surface area (Å²) in [6.45, 7) is 4.71. The Morgan fingerprint density at radius 1 is 1.38 bits per heavy atom. The quantitative estimate of drug-likeness (QED) is 0.689. The molecule has 2 fully saturated rings. The molecule has 2 unspecified atom stereocenters. The molecule has 2 aliphatic rings. The van der Waals surface area contributed by atoms with Crippen LogP contribution in [-0.2, 0) is 9.47 Å². The van der Waals surface area contributed by atoms with Crippen molar-refractivity contribution in [3.63, 3.8) is 0 Å². The minimum atomic E-state index is 0.652. The molecule has 0 amide bonds. The van der Waals surface area contributed by atoms with Crippen LogP contribution in [-0.4, -0.2) is 50.5 Å². The Morgan fingerprint density at radius 3 is 3.12 bits per heavy atom. The first kappa shape index (κ1) is 12.7. The van der Waals surface area contributed by atoms with E-state index in [0.717, 1.165) is 45.4 Å². The Hall–Kier alpha value is 0.230. The second kappa shape index (κ2) is 7.54. The summed E-state index contributed by atoms with van der Waals surface area (Å²) in [5.41, 5.74) is 0. The summed E-state index contributed by atoms with van der Waals surface area (Å²) < 4.78 is 11.0. The lowest BCUT2D eigenvalue weighted by Gasteiger charge is -2.12. The van der Waals surface area contributed by atoms with Crippen molar-refractivity contribution in [3.05, 3.63) is 0 Å². The van der Waals surface area contributed by atoms with Gasteiger partial charge in [-0.25, -0.2) is 0 Å². The van der Waals surface area contributed by atoms with E-state index in [9.17, 15) is 0 Å². The first-order chi connectivity index (χ1) is 7.95. The van der Waals surface area contributed by atoms with E-state index in [4.69, 9.17) is 9.47 Å². The van der Waals surface area contributed by atoms with E-state index in [-0.39, 0.29) is 0 Å². The van der Waals surface area contributed by atoms with Crippen LogP contribution in [0.3, 0.4) is 0 Å². The van der Waals surface area contributed by atoms with Crippen molar-refractivity contribution < 1.29 is 9.47 Å². The third-order valence-corrected chi connectivity index (χ3v) is 4.37. The molecule has 3 nitrogen and oxygen atoms in total. The largest absolute Gasteiger partial charge is 0.381 e. The summed E-state index contributed by atoms with van der Waals surface area (Å²) in [4.78, 5) is 0. The van der Waals surface area contributed by atoms with Gasteiger partial charge in [-0.1, -0.05) is 0 Å².